The Labute approximate surface area is 67.0 Å². The first kappa shape index (κ1) is 8.53. The summed E-state index contributed by atoms with van der Waals surface area (Å²) in [7, 11) is 2.98. The Morgan fingerprint density at radius 2 is 1.60 bits per heavy atom. The maximum atomic E-state index is 2.98. The summed E-state index contributed by atoms with van der Waals surface area (Å²) >= 11 is 0. The Bertz CT molecular complexity index is 95.8. The topological polar surface area (TPSA) is 0 Å². The predicted molar refractivity (Wildman–Crippen MR) is 50.4 cm³/mol. The molecule has 1 heteroatoms. The van der Waals surface area contributed by atoms with Gasteiger partial charge in [-0.05, 0) is 23.9 Å². The van der Waals surface area contributed by atoms with Gasteiger partial charge in [0.05, 0.1) is 0 Å². The van der Waals surface area contributed by atoms with Crippen molar-refractivity contribution >= 4 is 9.24 Å². The number of hydrogen-bond donors (Lipinski definition) is 0. The van der Waals surface area contributed by atoms with E-state index in [-0.39, 0.29) is 0 Å². The molecule has 0 N–H and O–H groups in total. The van der Waals surface area contributed by atoms with Gasteiger partial charge in [0, 0.05) is 0 Å². The summed E-state index contributed by atoms with van der Waals surface area (Å²) < 4.78 is 0. The minimum absolute atomic E-state index is 0.487. The zero-order chi connectivity index (χ0) is 7.61. The minimum atomic E-state index is 0.487. The van der Waals surface area contributed by atoms with Gasteiger partial charge in [0.1, 0.15) is 0 Å². The molecule has 1 aliphatic rings. The van der Waals surface area contributed by atoms with Crippen LogP contribution >= 0.6 is 9.24 Å². The highest BCUT2D eigenvalue weighted by atomic mass is 31.0. The predicted octanol–water partition coefficient (Wildman–Crippen LogP) is 3.22. The van der Waals surface area contributed by atoms with E-state index >= 15 is 0 Å². The lowest BCUT2D eigenvalue weighted by Crippen LogP contribution is -2.25. The Morgan fingerprint density at radius 1 is 1.10 bits per heavy atom. The molecule has 1 atom stereocenters. The molecular weight excluding hydrogens is 139 g/mol. The van der Waals surface area contributed by atoms with Crippen LogP contribution in [0.4, 0.5) is 0 Å². The first-order chi connectivity index (χ1) is 4.61. The first-order valence-electron chi connectivity index (χ1n) is 4.39. The Hall–Kier alpha value is 0.430. The van der Waals surface area contributed by atoms with E-state index in [2.05, 4.69) is 23.1 Å². The summed E-state index contributed by atoms with van der Waals surface area (Å²) in [5.74, 6) is 0.964. The van der Waals surface area contributed by atoms with Crippen molar-refractivity contribution < 1.29 is 0 Å². The molecule has 0 aromatic heterocycles. The quantitative estimate of drug-likeness (QED) is 0.514. The van der Waals surface area contributed by atoms with Crippen LogP contribution in [-0.4, -0.2) is 5.16 Å². The van der Waals surface area contributed by atoms with Gasteiger partial charge in [-0.1, -0.05) is 33.1 Å². The Morgan fingerprint density at radius 3 is 1.90 bits per heavy atom. The normalized spacial score (nSPS) is 23.1. The van der Waals surface area contributed by atoms with Crippen molar-refractivity contribution in [3.05, 3.63) is 0 Å². The fourth-order valence-corrected chi connectivity index (χ4v) is 2.18. The molecule has 0 heterocycles. The largest absolute Gasteiger partial charge is 0.131 e. The maximum Gasteiger partial charge on any atom is -0.0178 e. The molecule has 0 aromatic carbocycles. The Kier molecular flexibility index (Phi) is 2.74. The highest BCUT2D eigenvalue weighted by Gasteiger charge is 2.25. The fourth-order valence-electron chi connectivity index (χ4n) is 1.85. The molecule has 0 spiro atoms. The van der Waals surface area contributed by atoms with E-state index in [0.717, 1.165) is 5.92 Å². The second-order valence-electron chi connectivity index (χ2n) is 4.16. The molecule has 1 fully saturated rings. The Balaban J connectivity index is 2.39. The van der Waals surface area contributed by atoms with Crippen molar-refractivity contribution in [1.82, 2.24) is 0 Å². The fraction of sp³-hybridized carbons (Fsp3) is 1.00. The molecule has 0 radical (unpaired) electrons. The van der Waals surface area contributed by atoms with Crippen LogP contribution in [-0.2, 0) is 0 Å². The molecule has 0 nitrogen and oxygen atoms in total. The van der Waals surface area contributed by atoms with E-state index in [4.69, 9.17) is 0 Å². The van der Waals surface area contributed by atoms with Gasteiger partial charge in [0.25, 0.3) is 0 Å². The standard InChI is InChI=1S/C9H19P/c1-9(2,10)8-6-4-3-5-7-8/h8H,3-7,10H2,1-2H3. The van der Waals surface area contributed by atoms with Crippen LogP contribution in [0.1, 0.15) is 46.0 Å². The lowest BCUT2D eigenvalue weighted by atomic mass is 9.81. The van der Waals surface area contributed by atoms with Gasteiger partial charge < -0.3 is 0 Å². The van der Waals surface area contributed by atoms with E-state index in [0.29, 0.717) is 5.16 Å². The first-order valence-corrected chi connectivity index (χ1v) is 4.97. The highest BCUT2D eigenvalue weighted by molar-refractivity contribution is 7.18. The molecule has 0 aliphatic heterocycles. The lowest BCUT2D eigenvalue weighted by molar-refractivity contribution is 0.303. The second kappa shape index (κ2) is 3.22. The summed E-state index contributed by atoms with van der Waals surface area (Å²) in [6, 6.07) is 0. The number of hydrogen-bond acceptors (Lipinski definition) is 0. The molecule has 1 rings (SSSR count). The van der Waals surface area contributed by atoms with Gasteiger partial charge >= 0.3 is 0 Å². The van der Waals surface area contributed by atoms with E-state index in [9.17, 15) is 0 Å². The minimum Gasteiger partial charge on any atom is -0.131 e. The summed E-state index contributed by atoms with van der Waals surface area (Å²) in [6.45, 7) is 4.68. The van der Waals surface area contributed by atoms with Crippen LogP contribution in [0.3, 0.4) is 0 Å². The lowest BCUT2D eigenvalue weighted by Gasteiger charge is -2.33. The third-order valence-electron chi connectivity index (χ3n) is 2.66. The maximum absolute atomic E-state index is 2.98. The molecule has 1 saturated carbocycles. The van der Waals surface area contributed by atoms with Crippen molar-refractivity contribution in [2.45, 2.75) is 51.1 Å². The zero-order valence-corrected chi connectivity index (χ0v) is 8.34. The third-order valence-corrected chi connectivity index (χ3v) is 3.13. The van der Waals surface area contributed by atoms with Gasteiger partial charge in [0.2, 0.25) is 0 Å². The molecule has 10 heavy (non-hydrogen) atoms. The van der Waals surface area contributed by atoms with Crippen molar-refractivity contribution in [1.29, 1.82) is 0 Å². The van der Waals surface area contributed by atoms with Crippen LogP contribution in [0.5, 0.6) is 0 Å². The molecule has 0 aromatic rings. The molecule has 0 bridgehead atoms. The average Bonchev–Trinajstić information content (AvgIpc) is 1.88. The van der Waals surface area contributed by atoms with E-state index in [1.54, 1.807) is 0 Å². The van der Waals surface area contributed by atoms with E-state index < -0.39 is 0 Å². The summed E-state index contributed by atoms with van der Waals surface area (Å²) in [5.41, 5.74) is 0. The summed E-state index contributed by atoms with van der Waals surface area (Å²) in [4.78, 5) is 0. The van der Waals surface area contributed by atoms with Gasteiger partial charge in [-0.25, -0.2) is 0 Å². The van der Waals surface area contributed by atoms with Crippen LogP contribution in [0.25, 0.3) is 0 Å². The molecular formula is C9H19P. The van der Waals surface area contributed by atoms with Crippen LogP contribution in [0.15, 0.2) is 0 Å². The van der Waals surface area contributed by atoms with Gasteiger partial charge in [0.15, 0.2) is 0 Å². The van der Waals surface area contributed by atoms with Gasteiger partial charge in [-0.2, -0.15) is 0 Å². The van der Waals surface area contributed by atoms with E-state index in [1.807, 2.05) is 0 Å². The molecule has 0 amide bonds. The highest BCUT2D eigenvalue weighted by Crippen LogP contribution is 2.37. The second-order valence-corrected chi connectivity index (χ2v) is 5.64. The van der Waals surface area contributed by atoms with Crippen molar-refractivity contribution in [2.75, 3.05) is 0 Å². The third kappa shape index (κ3) is 2.23. The van der Waals surface area contributed by atoms with Gasteiger partial charge in [-0.15, -0.1) is 9.24 Å². The van der Waals surface area contributed by atoms with Crippen molar-refractivity contribution in [2.24, 2.45) is 5.92 Å². The van der Waals surface area contributed by atoms with Crippen LogP contribution in [0.2, 0.25) is 0 Å². The van der Waals surface area contributed by atoms with Gasteiger partial charge in [-0.3, -0.25) is 0 Å². The number of rotatable bonds is 1. The summed E-state index contributed by atoms with van der Waals surface area (Å²) in [6.07, 6.45) is 7.30. The SMILES string of the molecule is CC(C)(P)C1CCCCC1. The zero-order valence-electron chi connectivity index (χ0n) is 7.19. The van der Waals surface area contributed by atoms with Crippen molar-refractivity contribution in [3.63, 3.8) is 0 Å². The average molecular weight is 158 g/mol. The van der Waals surface area contributed by atoms with Crippen LogP contribution < -0.4 is 0 Å². The molecule has 60 valence electrons. The van der Waals surface area contributed by atoms with E-state index in [1.165, 1.54) is 32.1 Å². The molecule has 1 unspecified atom stereocenters. The van der Waals surface area contributed by atoms with Crippen LogP contribution in [0, 0.1) is 5.92 Å². The van der Waals surface area contributed by atoms with Crippen molar-refractivity contribution in [3.8, 4) is 0 Å². The monoisotopic (exact) mass is 158 g/mol. The molecule has 0 saturated heterocycles. The summed E-state index contributed by atoms with van der Waals surface area (Å²) in [5, 5.41) is 0.487. The molecule has 1 aliphatic carbocycles. The smallest absolute Gasteiger partial charge is 0.0178 e.